The monoisotopic (exact) mass is 1220 g/mol. The van der Waals surface area contributed by atoms with Gasteiger partial charge in [0.1, 0.15) is 24.7 Å². The molecule has 4 unspecified atom stereocenters. The highest BCUT2D eigenvalue weighted by Gasteiger charge is 2.21. The van der Waals surface area contributed by atoms with Gasteiger partial charge in [-0.05, 0) is 129 Å². The molecule has 0 saturated carbocycles. The Kier molecular flexibility index (Phi) is 14.8. The molecule has 0 saturated heterocycles. The van der Waals surface area contributed by atoms with Crippen LogP contribution in [-0.2, 0) is 6.42 Å². The van der Waals surface area contributed by atoms with Gasteiger partial charge >= 0.3 is 0 Å². The number of hydrogen-bond acceptors (Lipinski definition) is 2. The van der Waals surface area contributed by atoms with Crippen LogP contribution >= 0.6 is 159 Å². The maximum absolute atomic E-state index is 6.39. The van der Waals surface area contributed by atoms with Crippen LogP contribution in [0, 0.1) is 0 Å². The number of fused-ring (bicyclic) bond motifs is 2. The summed E-state index contributed by atoms with van der Waals surface area (Å²) < 4.78 is 18.5. The highest BCUT2D eigenvalue weighted by Crippen LogP contribution is 2.46. The van der Waals surface area contributed by atoms with Gasteiger partial charge in [0.15, 0.2) is 0 Å². The fourth-order valence-electron chi connectivity index (χ4n) is 4.67. The minimum atomic E-state index is 0.188. The second-order valence-electron chi connectivity index (χ2n) is 10.0. The Labute approximate surface area is 337 Å². The van der Waals surface area contributed by atoms with Crippen LogP contribution in [-0.4, -0.2) is 32.5 Å². The minimum absolute atomic E-state index is 0.188. The molecule has 0 bridgehead atoms. The molecule has 0 aliphatic heterocycles. The van der Waals surface area contributed by atoms with Gasteiger partial charge in [-0.3, -0.25) is 0 Å². The molecule has 43 heavy (non-hydrogen) atoms. The Bertz CT molecular complexity index is 1510. The number of halogens is 10. The van der Waals surface area contributed by atoms with Gasteiger partial charge in [0.05, 0.1) is 18.6 Å². The van der Waals surface area contributed by atoms with E-state index < -0.39 is 0 Å². The molecule has 232 valence electrons. The van der Waals surface area contributed by atoms with E-state index in [0.717, 1.165) is 79.1 Å². The molecule has 12 heteroatoms. The van der Waals surface area contributed by atoms with E-state index in [9.17, 15) is 0 Å². The Morgan fingerprint density at radius 3 is 1.23 bits per heavy atom. The van der Waals surface area contributed by atoms with Gasteiger partial charge in [-0.1, -0.05) is 122 Å². The van der Waals surface area contributed by atoms with Gasteiger partial charge in [-0.15, -0.1) is 0 Å². The summed E-state index contributed by atoms with van der Waals surface area (Å²) in [6.45, 7) is 5.38. The molecule has 0 spiro atoms. The van der Waals surface area contributed by atoms with Crippen LogP contribution in [0.5, 0.6) is 11.5 Å². The first-order valence-electron chi connectivity index (χ1n) is 13.4. The molecule has 4 aromatic carbocycles. The quantitative estimate of drug-likeness (QED) is 0.132. The highest BCUT2D eigenvalue weighted by molar-refractivity contribution is 9.14. The zero-order valence-electron chi connectivity index (χ0n) is 22.9. The van der Waals surface area contributed by atoms with E-state index in [-0.39, 0.29) is 9.65 Å². The molecule has 0 aliphatic carbocycles. The van der Waals surface area contributed by atoms with E-state index >= 15 is 0 Å². The molecule has 0 N–H and O–H groups in total. The predicted octanol–water partition coefficient (Wildman–Crippen LogP) is 14.8. The van der Waals surface area contributed by atoms with Crippen molar-refractivity contribution in [1.82, 2.24) is 0 Å². The number of alkyl halides is 4. The third kappa shape index (κ3) is 9.08. The molecule has 2 nitrogen and oxygen atoms in total. The molecular formula is C31H26Br10O2. The fraction of sp³-hybridized carbons (Fsp3) is 0.355. The van der Waals surface area contributed by atoms with Crippen molar-refractivity contribution in [3.63, 3.8) is 0 Å². The van der Waals surface area contributed by atoms with Crippen LogP contribution in [0.2, 0.25) is 0 Å². The molecule has 4 aromatic rings. The summed E-state index contributed by atoms with van der Waals surface area (Å²) in [6.07, 6.45) is 2.77. The van der Waals surface area contributed by atoms with Crippen LogP contribution in [0.1, 0.15) is 37.8 Å². The summed E-state index contributed by atoms with van der Waals surface area (Å²) in [5.41, 5.74) is 2.38. The van der Waals surface area contributed by atoms with Gasteiger partial charge in [0.2, 0.25) is 0 Å². The lowest BCUT2D eigenvalue weighted by Crippen LogP contribution is -2.21. The number of hydrogen-bond donors (Lipinski definition) is 0. The van der Waals surface area contributed by atoms with E-state index in [4.69, 9.17) is 9.47 Å². The Balaban J connectivity index is 1.69. The molecule has 4 atom stereocenters. The van der Waals surface area contributed by atoms with Crippen molar-refractivity contribution in [2.45, 2.75) is 52.4 Å². The summed E-state index contributed by atoms with van der Waals surface area (Å²) in [5, 5.41) is 4.26. The second-order valence-corrected chi connectivity index (χ2v) is 19.7. The number of benzene rings is 4. The number of rotatable bonds is 12. The van der Waals surface area contributed by atoms with Crippen LogP contribution in [0.25, 0.3) is 21.5 Å². The molecule has 0 aromatic heterocycles. The zero-order valence-corrected chi connectivity index (χ0v) is 38.8. The average molecular weight is 1230 g/mol. The standard InChI is InChI=1S/C31H26Br10O2/c1-3-18(32)24(38)12-42-30-26-16(10-22(36)28(30)40)6-14(8-20(26)34)5-15-7-17-11-23(37)29(41)31(27(17)21(35)9-15)43-13-25(39)19(33)4-2/h6-11,18-19,24-25H,3-5,12-13H2,1-2H3. The Morgan fingerprint density at radius 2 is 0.884 bits per heavy atom. The van der Waals surface area contributed by atoms with Crippen LogP contribution < -0.4 is 9.47 Å². The maximum Gasteiger partial charge on any atom is 0.143 e. The smallest absolute Gasteiger partial charge is 0.143 e. The first kappa shape index (κ1) is 37.6. The van der Waals surface area contributed by atoms with E-state index in [0.29, 0.717) is 22.9 Å². The van der Waals surface area contributed by atoms with Crippen LogP contribution in [0.3, 0.4) is 0 Å². The van der Waals surface area contributed by atoms with Gasteiger partial charge in [0.25, 0.3) is 0 Å². The predicted molar refractivity (Wildman–Crippen MR) is 219 cm³/mol. The Morgan fingerprint density at radius 1 is 0.512 bits per heavy atom. The largest absolute Gasteiger partial charge is 0.490 e. The average Bonchev–Trinajstić information content (AvgIpc) is 2.96. The molecule has 0 radical (unpaired) electrons. The van der Waals surface area contributed by atoms with Crippen molar-refractivity contribution in [3.8, 4) is 11.5 Å². The first-order chi connectivity index (χ1) is 20.4. The van der Waals surface area contributed by atoms with E-state index in [1.807, 2.05) is 0 Å². The Hall–Kier alpha value is 1.80. The number of ether oxygens (including phenoxy) is 2. The van der Waals surface area contributed by atoms with Gasteiger partial charge in [-0.2, -0.15) is 0 Å². The van der Waals surface area contributed by atoms with Crippen LogP contribution in [0.4, 0.5) is 0 Å². The third-order valence-corrected chi connectivity index (χ3v) is 17.9. The molecule has 0 heterocycles. The fourth-order valence-corrected chi connectivity index (χ4v) is 9.10. The van der Waals surface area contributed by atoms with E-state index in [1.54, 1.807) is 0 Å². The molecule has 0 fully saturated rings. The van der Waals surface area contributed by atoms with Crippen molar-refractivity contribution in [3.05, 3.63) is 74.4 Å². The van der Waals surface area contributed by atoms with Gasteiger partial charge in [0, 0.05) is 38.3 Å². The zero-order chi connectivity index (χ0) is 31.6. The van der Waals surface area contributed by atoms with Crippen molar-refractivity contribution >= 4 is 181 Å². The summed E-state index contributed by atoms with van der Waals surface area (Å²) in [7, 11) is 0. The van der Waals surface area contributed by atoms with Crippen molar-refractivity contribution in [2.24, 2.45) is 0 Å². The summed E-state index contributed by atoms with van der Waals surface area (Å²) >= 11 is 37.7. The summed E-state index contributed by atoms with van der Waals surface area (Å²) in [4.78, 5) is 1.03. The lowest BCUT2D eigenvalue weighted by atomic mass is 9.98. The summed E-state index contributed by atoms with van der Waals surface area (Å²) in [5.74, 6) is 1.63. The van der Waals surface area contributed by atoms with Crippen molar-refractivity contribution < 1.29 is 9.47 Å². The highest BCUT2D eigenvalue weighted by atomic mass is 79.9. The first-order valence-corrected chi connectivity index (χ1v) is 21.8. The normalized spacial score (nSPS) is 14.6. The SMILES string of the molecule is CCC(Br)C(Br)COc1c(Br)c(Br)cc2cc(Cc3cc(Br)c4c(OCC(Br)C(Br)CC)c(Br)c(Br)cc4c3)cc(Br)c12. The molecule has 4 rings (SSSR count). The molecule has 0 amide bonds. The molecule has 0 aliphatic rings. The van der Waals surface area contributed by atoms with E-state index in [1.165, 1.54) is 11.1 Å². The van der Waals surface area contributed by atoms with Gasteiger partial charge < -0.3 is 9.47 Å². The molecular weight excluding hydrogens is 1200 g/mol. The van der Waals surface area contributed by atoms with Gasteiger partial charge in [-0.25, -0.2) is 0 Å². The third-order valence-electron chi connectivity index (χ3n) is 6.94. The van der Waals surface area contributed by atoms with Crippen molar-refractivity contribution in [2.75, 3.05) is 13.2 Å². The second kappa shape index (κ2) is 17.0. The topological polar surface area (TPSA) is 18.5 Å². The minimum Gasteiger partial charge on any atom is -0.490 e. The lowest BCUT2D eigenvalue weighted by Gasteiger charge is -2.20. The summed E-state index contributed by atoms with van der Waals surface area (Å²) in [6, 6.07) is 13.1. The maximum atomic E-state index is 6.39. The lowest BCUT2D eigenvalue weighted by molar-refractivity contribution is 0.318. The van der Waals surface area contributed by atoms with Crippen LogP contribution in [0.15, 0.2) is 63.2 Å². The van der Waals surface area contributed by atoms with Crippen molar-refractivity contribution in [1.29, 1.82) is 0 Å². The van der Waals surface area contributed by atoms with E-state index in [2.05, 4.69) is 210 Å².